The number of rotatable bonds is 5. The van der Waals surface area contributed by atoms with Gasteiger partial charge in [-0.25, -0.2) is 0 Å². The summed E-state index contributed by atoms with van der Waals surface area (Å²) >= 11 is 6.04. The van der Waals surface area contributed by atoms with Crippen molar-refractivity contribution < 1.29 is 14.1 Å². The molecule has 1 amide bonds. The molecule has 0 saturated carbocycles. The minimum absolute atomic E-state index is 0.00388. The van der Waals surface area contributed by atoms with Crippen molar-refractivity contribution >= 4 is 28.3 Å². The maximum Gasteiger partial charge on any atom is 0.251 e. The Labute approximate surface area is 126 Å². The first kappa shape index (κ1) is 16.7. The van der Waals surface area contributed by atoms with Gasteiger partial charge in [0.25, 0.3) is 5.91 Å². The van der Waals surface area contributed by atoms with E-state index in [2.05, 4.69) is 17.2 Å². The molecule has 6 heteroatoms. The largest absolute Gasteiger partial charge is 0.395 e. The van der Waals surface area contributed by atoms with E-state index in [-0.39, 0.29) is 12.5 Å². The van der Waals surface area contributed by atoms with Crippen molar-refractivity contribution in [3.63, 3.8) is 0 Å². The van der Waals surface area contributed by atoms with Gasteiger partial charge in [0.1, 0.15) is 0 Å². The highest BCUT2D eigenvalue weighted by Crippen LogP contribution is 2.17. The lowest BCUT2D eigenvalue weighted by molar-refractivity contribution is 0.0956. The fraction of sp³-hybridized carbons (Fsp3) is 0.357. The zero-order valence-electron chi connectivity index (χ0n) is 11.1. The second-order valence-electron chi connectivity index (χ2n) is 4.00. The average molecular weight is 314 g/mol. The van der Waals surface area contributed by atoms with Crippen molar-refractivity contribution in [1.82, 2.24) is 5.32 Å². The Morgan fingerprint density at radius 1 is 1.50 bits per heavy atom. The lowest BCUT2D eigenvalue weighted by Gasteiger charge is -2.05. The first-order valence-electron chi connectivity index (χ1n) is 6.02. The lowest BCUT2D eigenvalue weighted by atomic mass is 10.1. The highest BCUT2D eigenvalue weighted by atomic mass is 35.5. The van der Waals surface area contributed by atoms with E-state index in [1.165, 1.54) is 0 Å². The summed E-state index contributed by atoms with van der Waals surface area (Å²) < 4.78 is 10.9. The van der Waals surface area contributed by atoms with Gasteiger partial charge >= 0.3 is 0 Å². The number of aliphatic hydroxyl groups is 1. The van der Waals surface area contributed by atoms with Crippen LogP contribution < -0.4 is 5.32 Å². The van der Waals surface area contributed by atoms with Crippen LogP contribution in [0.3, 0.4) is 0 Å². The monoisotopic (exact) mass is 313 g/mol. The molecule has 0 saturated heterocycles. The number of carbonyl (C=O) groups is 1. The quantitative estimate of drug-likeness (QED) is 0.802. The van der Waals surface area contributed by atoms with Crippen LogP contribution in [0, 0.1) is 11.8 Å². The third-order valence-corrected chi connectivity index (χ3v) is 3.46. The first-order chi connectivity index (χ1) is 9.54. The second kappa shape index (κ2) is 8.75. The number of hydrogen-bond acceptors (Lipinski definition) is 3. The molecule has 1 rings (SSSR count). The highest BCUT2D eigenvalue weighted by Gasteiger charge is 2.07. The molecule has 2 N–H and O–H groups in total. The molecule has 20 heavy (non-hydrogen) atoms. The Balaban J connectivity index is 2.69. The number of nitrogens with one attached hydrogen (secondary N) is 1. The Kier molecular flexibility index (Phi) is 7.31. The summed E-state index contributed by atoms with van der Waals surface area (Å²) in [5.74, 6) is 5.76. The minimum Gasteiger partial charge on any atom is -0.395 e. The van der Waals surface area contributed by atoms with Crippen LogP contribution in [0.1, 0.15) is 22.3 Å². The predicted octanol–water partition coefficient (Wildman–Crippen LogP) is 1.18. The van der Waals surface area contributed by atoms with Gasteiger partial charge in [0.2, 0.25) is 0 Å². The molecule has 1 atom stereocenters. The number of carbonyl (C=O) groups excluding carboxylic acids is 1. The van der Waals surface area contributed by atoms with Crippen LogP contribution in [-0.4, -0.2) is 40.4 Å². The van der Waals surface area contributed by atoms with Crippen LogP contribution in [0.4, 0.5) is 0 Å². The third-order valence-electron chi connectivity index (χ3n) is 2.37. The van der Waals surface area contributed by atoms with Gasteiger partial charge < -0.3 is 10.4 Å². The molecule has 0 bridgehead atoms. The molecule has 0 aliphatic rings. The first-order valence-corrected chi connectivity index (χ1v) is 8.12. The van der Waals surface area contributed by atoms with E-state index in [1.54, 1.807) is 24.5 Å². The van der Waals surface area contributed by atoms with Crippen LogP contribution in [-0.2, 0) is 10.8 Å². The molecule has 0 aliphatic carbocycles. The molecule has 0 fully saturated rings. The molecule has 0 spiro atoms. The number of amides is 1. The second-order valence-corrected chi connectivity index (χ2v) is 5.97. The maximum absolute atomic E-state index is 11.8. The summed E-state index contributed by atoms with van der Waals surface area (Å²) in [5, 5.41) is 11.7. The Morgan fingerprint density at radius 3 is 2.85 bits per heavy atom. The molecule has 0 heterocycles. The van der Waals surface area contributed by atoms with Crippen molar-refractivity contribution in [2.75, 3.05) is 25.2 Å². The van der Waals surface area contributed by atoms with Gasteiger partial charge in [-0.2, -0.15) is 0 Å². The molecule has 0 aromatic heterocycles. The number of halogens is 1. The van der Waals surface area contributed by atoms with Gasteiger partial charge in [-0.15, -0.1) is 0 Å². The van der Waals surface area contributed by atoms with E-state index in [1.807, 2.05) is 0 Å². The summed E-state index contributed by atoms with van der Waals surface area (Å²) in [6.45, 7) is 0.363. The van der Waals surface area contributed by atoms with Crippen LogP contribution in [0.5, 0.6) is 0 Å². The fourth-order valence-corrected chi connectivity index (χ4v) is 2.00. The van der Waals surface area contributed by atoms with Gasteiger partial charge in [-0.3, -0.25) is 9.00 Å². The number of aliphatic hydroxyl groups excluding tert-OH is 1. The summed E-state index contributed by atoms with van der Waals surface area (Å²) in [6.07, 6.45) is 1.97. The fourth-order valence-electron chi connectivity index (χ4n) is 1.38. The standard InChI is InChI=1S/C14H16ClNO3S/c1-20(19)9-7-16-14(18)12-6-5-11(13(15)10-12)4-2-3-8-17/h5-6,10,17H,3,7-9H2,1H3,(H,16,18). The molecular weight excluding hydrogens is 298 g/mol. The molecule has 0 aliphatic heterocycles. The van der Waals surface area contributed by atoms with Crippen LogP contribution in [0.15, 0.2) is 18.2 Å². The number of hydrogen-bond donors (Lipinski definition) is 2. The van der Waals surface area contributed by atoms with Gasteiger partial charge in [-0.05, 0) is 18.2 Å². The van der Waals surface area contributed by atoms with Crippen molar-refractivity contribution in [3.05, 3.63) is 34.3 Å². The van der Waals surface area contributed by atoms with E-state index < -0.39 is 10.8 Å². The number of benzene rings is 1. The van der Waals surface area contributed by atoms with E-state index in [0.29, 0.717) is 34.9 Å². The lowest BCUT2D eigenvalue weighted by Crippen LogP contribution is -2.27. The SMILES string of the molecule is CS(=O)CCNC(=O)c1ccc(C#CCCO)c(Cl)c1. The summed E-state index contributed by atoms with van der Waals surface area (Å²) in [5.41, 5.74) is 1.05. The molecule has 1 unspecified atom stereocenters. The van der Waals surface area contributed by atoms with Crippen LogP contribution >= 0.6 is 11.6 Å². The zero-order chi connectivity index (χ0) is 15.0. The van der Waals surface area contributed by atoms with Gasteiger partial charge in [0.15, 0.2) is 0 Å². The van der Waals surface area contributed by atoms with Gasteiger partial charge in [0.05, 0.1) is 11.6 Å². The van der Waals surface area contributed by atoms with E-state index in [9.17, 15) is 9.00 Å². The molecule has 108 valence electrons. The van der Waals surface area contributed by atoms with Crippen LogP contribution in [0.25, 0.3) is 0 Å². The summed E-state index contributed by atoms with van der Waals surface area (Å²) in [6, 6.07) is 4.84. The zero-order valence-corrected chi connectivity index (χ0v) is 12.7. The van der Waals surface area contributed by atoms with Crippen molar-refractivity contribution in [1.29, 1.82) is 0 Å². The Bertz CT molecular complexity index is 563. The maximum atomic E-state index is 11.8. The third kappa shape index (κ3) is 5.74. The molecule has 0 radical (unpaired) electrons. The van der Waals surface area contributed by atoms with Crippen LogP contribution in [0.2, 0.25) is 5.02 Å². The van der Waals surface area contributed by atoms with E-state index in [0.717, 1.165) is 0 Å². The highest BCUT2D eigenvalue weighted by molar-refractivity contribution is 7.84. The smallest absolute Gasteiger partial charge is 0.251 e. The predicted molar refractivity (Wildman–Crippen MR) is 81.3 cm³/mol. The Morgan fingerprint density at radius 2 is 2.25 bits per heavy atom. The molecular formula is C14H16ClNO3S. The molecule has 1 aromatic rings. The topological polar surface area (TPSA) is 66.4 Å². The minimum atomic E-state index is -0.931. The van der Waals surface area contributed by atoms with Crippen molar-refractivity contribution in [2.24, 2.45) is 0 Å². The molecule has 4 nitrogen and oxygen atoms in total. The summed E-state index contributed by atoms with van der Waals surface area (Å²) in [7, 11) is -0.931. The van der Waals surface area contributed by atoms with Gasteiger partial charge in [0, 0.05) is 46.9 Å². The van der Waals surface area contributed by atoms with E-state index >= 15 is 0 Å². The van der Waals surface area contributed by atoms with E-state index in [4.69, 9.17) is 16.7 Å². The Hall–Kier alpha value is -1.35. The normalized spacial score (nSPS) is 11.3. The van der Waals surface area contributed by atoms with Gasteiger partial charge in [-0.1, -0.05) is 23.4 Å². The molecule has 1 aromatic carbocycles. The summed E-state index contributed by atoms with van der Waals surface area (Å²) in [4.78, 5) is 11.8. The average Bonchev–Trinajstić information content (AvgIpc) is 2.40. The van der Waals surface area contributed by atoms with Crippen molar-refractivity contribution in [3.8, 4) is 11.8 Å². The van der Waals surface area contributed by atoms with Crippen molar-refractivity contribution in [2.45, 2.75) is 6.42 Å².